The summed E-state index contributed by atoms with van der Waals surface area (Å²) in [5, 5.41) is 11.6. The standard InChI is InChI=1S/C20H18NO/c22-20(17-11-5-2-6-12-17)15-18-13-7-8-14-21(18)19(20)16-9-3-1-4-10-16/h1-14,19,22H,15H2/q+1/t19-,20-/m1/s1. The molecule has 22 heavy (non-hydrogen) atoms. The van der Waals surface area contributed by atoms with Crippen LogP contribution in [0, 0.1) is 0 Å². The van der Waals surface area contributed by atoms with Crippen LogP contribution in [0.5, 0.6) is 0 Å². The third-order valence-corrected chi connectivity index (χ3v) is 4.55. The molecule has 0 saturated carbocycles. The van der Waals surface area contributed by atoms with Crippen molar-refractivity contribution in [1.29, 1.82) is 0 Å². The molecule has 1 aromatic heterocycles. The molecule has 0 amide bonds. The van der Waals surface area contributed by atoms with Gasteiger partial charge in [0.2, 0.25) is 6.04 Å². The van der Waals surface area contributed by atoms with Crippen molar-refractivity contribution >= 4 is 0 Å². The first-order valence-electron chi connectivity index (χ1n) is 7.61. The number of pyridine rings is 1. The van der Waals surface area contributed by atoms with E-state index < -0.39 is 5.60 Å². The Morgan fingerprint density at radius 3 is 2.18 bits per heavy atom. The van der Waals surface area contributed by atoms with Crippen LogP contribution in [0.3, 0.4) is 0 Å². The largest absolute Gasteiger partial charge is 0.377 e. The van der Waals surface area contributed by atoms with Crippen molar-refractivity contribution in [2.45, 2.75) is 18.1 Å². The summed E-state index contributed by atoms with van der Waals surface area (Å²) in [6.07, 6.45) is 2.69. The molecule has 2 heteroatoms. The van der Waals surface area contributed by atoms with E-state index >= 15 is 0 Å². The lowest BCUT2D eigenvalue weighted by atomic mass is 9.82. The summed E-state index contributed by atoms with van der Waals surface area (Å²) < 4.78 is 2.20. The van der Waals surface area contributed by atoms with Crippen LogP contribution in [-0.2, 0) is 12.0 Å². The van der Waals surface area contributed by atoms with E-state index in [1.54, 1.807) is 0 Å². The van der Waals surface area contributed by atoms with Crippen molar-refractivity contribution in [1.82, 2.24) is 0 Å². The van der Waals surface area contributed by atoms with Crippen molar-refractivity contribution in [3.63, 3.8) is 0 Å². The molecule has 1 aliphatic heterocycles. The number of fused-ring (bicyclic) bond motifs is 1. The number of hydrogen-bond acceptors (Lipinski definition) is 1. The summed E-state index contributed by atoms with van der Waals surface area (Å²) in [6, 6.07) is 26.3. The second-order valence-electron chi connectivity index (χ2n) is 5.88. The molecule has 0 spiro atoms. The molecule has 0 unspecified atom stereocenters. The summed E-state index contributed by atoms with van der Waals surface area (Å²) in [7, 11) is 0. The normalized spacial score (nSPS) is 23.2. The molecule has 2 aromatic carbocycles. The Bertz CT molecular complexity index is 785. The molecule has 1 N–H and O–H groups in total. The van der Waals surface area contributed by atoms with E-state index in [4.69, 9.17) is 0 Å². The highest BCUT2D eigenvalue weighted by Gasteiger charge is 2.53. The summed E-state index contributed by atoms with van der Waals surface area (Å²) in [5.74, 6) is 0. The maximum atomic E-state index is 11.6. The smallest absolute Gasteiger partial charge is 0.216 e. The van der Waals surface area contributed by atoms with Crippen LogP contribution >= 0.6 is 0 Å². The molecule has 2 nitrogen and oxygen atoms in total. The highest BCUT2D eigenvalue weighted by Crippen LogP contribution is 2.41. The molecule has 3 aromatic rings. The SMILES string of the molecule is O[C@@]1(c2ccccc2)Cc2cccc[n+]2[C@@H]1c1ccccc1. The van der Waals surface area contributed by atoms with Crippen LogP contribution in [0.4, 0.5) is 0 Å². The summed E-state index contributed by atoms with van der Waals surface area (Å²) in [5.41, 5.74) is 2.33. The number of rotatable bonds is 2. The zero-order valence-electron chi connectivity index (χ0n) is 12.3. The number of nitrogens with zero attached hydrogens (tertiary/aromatic N) is 1. The lowest BCUT2D eigenvalue weighted by molar-refractivity contribution is -0.717. The molecule has 4 rings (SSSR count). The molecule has 0 fully saturated rings. The Kier molecular flexibility index (Phi) is 3.05. The molecule has 0 radical (unpaired) electrons. The first-order chi connectivity index (χ1) is 10.8. The van der Waals surface area contributed by atoms with E-state index in [0.29, 0.717) is 6.42 Å². The van der Waals surface area contributed by atoms with Gasteiger partial charge in [-0.2, -0.15) is 4.57 Å². The van der Waals surface area contributed by atoms with Crippen LogP contribution in [0.25, 0.3) is 0 Å². The van der Waals surface area contributed by atoms with Gasteiger partial charge in [0.15, 0.2) is 17.5 Å². The minimum absolute atomic E-state index is 0.104. The molecular weight excluding hydrogens is 270 g/mol. The van der Waals surface area contributed by atoms with E-state index in [1.165, 1.54) is 0 Å². The van der Waals surface area contributed by atoms with Gasteiger partial charge < -0.3 is 5.11 Å². The van der Waals surface area contributed by atoms with Crippen molar-refractivity contribution in [2.24, 2.45) is 0 Å². The third kappa shape index (κ3) is 1.96. The van der Waals surface area contributed by atoms with E-state index in [2.05, 4.69) is 29.0 Å². The van der Waals surface area contributed by atoms with Gasteiger partial charge in [-0.3, -0.25) is 0 Å². The highest BCUT2D eigenvalue weighted by atomic mass is 16.3. The quantitative estimate of drug-likeness (QED) is 0.720. The van der Waals surface area contributed by atoms with Crippen LogP contribution in [0.15, 0.2) is 85.1 Å². The van der Waals surface area contributed by atoms with Crippen molar-refractivity contribution in [3.05, 3.63) is 102 Å². The average molecular weight is 288 g/mol. The zero-order valence-corrected chi connectivity index (χ0v) is 12.3. The Labute approximate surface area is 130 Å². The van der Waals surface area contributed by atoms with Gasteiger partial charge in [0, 0.05) is 17.7 Å². The Morgan fingerprint density at radius 1 is 0.818 bits per heavy atom. The van der Waals surface area contributed by atoms with Crippen LogP contribution in [0.2, 0.25) is 0 Å². The van der Waals surface area contributed by atoms with Gasteiger partial charge >= 0.3 is 0 Å². The molecule has 0 bridgehead atoms. The second kappa shape index (κ2) is 5.08. The molecule has 2 heterocycles. The minimum atomic E-state index is -0.920. The lowest BCUT2D eigenvalue weighted by Crippen LogP contribution is -2.46. The summed E-state index contributed by atoms with van der Waals surface area (Å²) in [6.45, 7) is 0. The van der Waals surface area contributed by atoms with Crippen LogP contribution in [0.1, 0.15) is 22.9 Å². The zero-order chi connectivity index (χ0) is 15.0. The molecule has 1 aliphatic rings. The summed E-state index contributed by atoms with van der Waals surface area (Å²) in [4.78, 5) is 0. The predicted molar refractivity (Wildman–Crippen MR) is 85.3 cm³/mol. The van der Waals surface area contributed by atoms with E-state index in [-0.39, 0.29) is 6.04 Å². The number of benzene rings is 2. The minimum Gasteiger partial charge on any atom is -0.377 e. The fourth-order valence-electron chi connectivity index (χ4n) is 3.55. The van der Waals surface area contributed by atoms with Gasteiger partial charge in [0.25, 0.3) is 0 Å². The van der Waals surface area contributed by atoms with Gasteiger partial charge in [-0.15, -0.1) is 0 Å². The highest BCUT2D eigenvalue weighted by molar-refractivity contribution is 5.32. The van der Waals surface area contributed by atoms with E-state index in [1.807, 2.05) is 60.7 Å². The fourth-order valence-corrected chi connectivity index (χ4v) is 3.55. The van der Waals surface area contributed by atoms with Crippen LogP contribution < -0.4 is 4.57 Å². The van der Waals surface area contributed by atoms with E-state index in [9.17, 15) is 5.11 Å². The van der Waals surface area contributed by atoms with Crippen LogP contribution in [-0.4, -0.2) is 5.11 Å². The number of aromatic nitrogens is 1. The van der Waals surface area contributed by atoms with Gasteiger partial charge in [0.05, 0.1) is 6.42 Å². The van der Waals surface area contributed by atoms with Gasteiger partial charge in [-0.1, -0.05) is 66.7 Å². The van der Waals surface area contributed by atoms with Crippen molar-refractivity contribution < 1.29 is 9.67 Å². The third-order valence-electron chi connectivity index (χ3n) is 4.55. The lowest BCUT2D eigenvalue weighted by Gasteiger charge is -2.26. The van der Waals surface area contributed by atoms with E-state index in [0.717, 1.165) is 16.8 Å². The van der Waals surface area contributed by atoms with Gasteiger partial charge in [-0.05, 0) is 5.56 Å². The van der Waals surface area contributed by atoms with Crippen molar-refractivity contribution in [3.8, 4) is 0 Å². The fraction of sp³-hybridized carbons (Fsp3) is 0.150. The Hall–Kier alpha value is -2.45. The van der Waals surface area contributed by atoms with Gasteiger partial charge in [-0.25, -0.2) is 0 Å². The average Bonchev–Trinajstić information content (AvgIpc) is 2.90. The molecule has 0 saturated heterocycles. The number of hydrogen-bond donors (Lipinski definition) is 1. The predicted octanol–water partition coefficient (Wildman–Crippen LogP) is 3.01. The number of aliphatic hydroxyl groups is 1. The maximum absolute atomic E-state index is 11.6. The molecular formula is C20H18NO+. The summed E-state index contributed by atoms with van der Waals surface area (Å²) >= 11 is 0. The first-order valence-corrected chi connectivity index (χ1v) is 7.61. The topological polar surface area (TPSA) is 24.1 Å². The monoisotopic (exact) mass is 288 g/mol. The molecule has 108 valence electrons. The van der Waals surface area contributed by atoms with Gasteiger partial charge in [0.1, 0.15) is 0 Å². The maximum Gasteiger partial charge on any atom is 0.216 e. The molecule has 2 atom stereocenters. The second-order valence-corrected chi connectivity index (χ2v) is 5.88. The van der Waals surface area contributed by atoms with Crippen molar-refractivity contribution in [2.75, 3.05) is 0 Å². The first kappa shape index (κ1) is 13.2. The Morgan fingerprint density at radius 2 is 1.45 bits per heavy atom. The Balaban J connectivity index is 1.93. The molecule has 0 aliphatic carbocycles.